The molecule has 0 aliphatic heterocycles. The Kier molecular flexibility index (Phi) is 5.30. The second kappa shape index (κ2) is 6.75. The van der Waals surface area contributed by atoms with E-state index in [2.05, 4.69) is 11.8 Å². The zero-order valence-electron chi connectivity index (χ0n) is 11.5. The maximum absolute atomic E-state index is 5.60. The predicted molar refractivity (Wildman–Crippen MR) is 74.0 cm³/mol. The van der Waals surface area contributed by atoms with Crippen molar-refractivity contribution in [2.45, 2.75) is 51.9 Å². The second-order valence-electron chi connectivity index (χ2n) is 6.47. The van der Waals surface area contributed by atoms with E-state index in [1.54, 1.807) is 0 Å². The molecular weight excluding hydrogens is 208 g/mol. The summed E-state index contributed by atoms with van der Waals surface area (Å²) in [6.45, 7) is 7.32. The fraction of sp³-hybridized carbons (Fsp3) is 1.00. The Bertz CT molecular complexity index is 195. The summed E-state index contributed by atoms with van der Waals surface area (Å²) in [6.07, 6.45) is 9.90. The summed E-state index contributed by atoms with van der Waals surface area (Å²) >= 11 is 0. The molecular formula is C15H30N2. The molecule has 0 saturated heterocycles. The van der Waals surface area contributed by atoms with Gasteiger partial charge in [-0.1, -0.05) is 6.92 Å². The standard InChI is InChI=1S/C15H30N2/c1-13(8-9-16)3-2-10-17(11-14-4-5-14)12-15-6-7-15/h13-15H,2-12,16H2,1H3. The van der Waals surface area contributed by atoms with Crippen molar-refractivity contribution in [3.63, 3.8) is 0 Å². The van der Waals surface area contributed by atoms with E-state index in [1.165, 1.54) is 64.6 Å². The van der Waals surface area contributed by atoms with E-state index < -0.39 is 0 Å². The van der Waals surface area contributed by atoms with Crippen molar-refractivity contribution in [1.29, 1.82) is 0 Å². The molecule has 17 heavy (non-hydrogen) atoms. The lowest BCUT2D eigenvalue weighted by Crippen LogP contribution is -2.29. The normalized spacial score (nSPS) is 22.1. The molecule has 1 unspecified atom stereocenters. The largest absolute Gasteiger partial charge is 0.330 e. The van der Waals surface area contributed by atoms with E-state index in [0.29, 0.717) is 0 Å². The molecule has 2 aliphatic rings. The van der Waals surface area contributed by atoms with Crippen molar-refractivity contribution in [3.05, 3.63) is 0 Å². The van der Waals surface area contributed by atoms with Crippen LogP contribution in [0.3, 0.4) is 0 Å². The minimum absolute atomic E-state index is 0.823. The summed E-state index contributed by atoms with van der Waals surface area (Å²) < 4.78 is 0. The van der Waals surface area contributed by atoms with Gasteiger partial charge in [0.1, 0.15) is 0 Å². The lowest BCUT2D eigenvalue weighted by Gasteiger charge is -2.22. The molecule has 0 radical (unpaired) electrons. The van der Waals surface area contributed by atoms with Gasteiger partial charge in [-0.3, -0.25) is 0 Å². The first kappa shape index (κ1) is 13.4. The average Bonchev–Trinajstić information content (AvgIpc) is 3.13. The third kappa shape index (κ3) is 5.87. The predicted octanol–water partition coefficient (Wildman–Crippen LogP) is 2.87. The Morgan fingerprint density at radius 3 is 2.12 bits per heavy atom. The van der Waals surface area contributed by atoms with E-state index >= 15 is 0 Å². The quantitative estimate of drug-likeness (QED) is 0.634. The topological polar surface area (TPSA) is 29.3 Å². The summed E-state index contributed by atoms with van der Waals surface area (Å²) in [6, 6.07) is 0. The van der Waals surface area contributed by atoms with Gasteiger partial charge in [0.25, 0.3) is 0 Å². The minimum Gasteiger partial charge on any atom is -0.330 e. The number of rotatable bonds is 10. The summed E-state index contributed by atoms with van der Waals surface area (Å²) in [5.41, 5.74) is 5.60. The van der Waals surface area contributed by atoms with Crippen LogP contribution in [0.25, 0.3) is 0 Å². The fourth-order valence-electron chi connectivity index (χ4n) is 2.68. The van der Waals surface area contributed by atoms with Crippen LogP contribution in [-0.2, 0) is 0 Å². The summed E-state index contributed by atoms with van der Waals surface area (Å²) in [5.74, 6) is 2.93. The van der Waals surface area contributed by atoms with Crippen LogP contribution in [0.5, 0.6) is 0 Å². The molecule has 2 fully saturated rings. The van der Waals surface area contributed by atoms with E-state index in [-0.39, 0.29) is 0 Å². The Morgan fingerprint density at radius 1 is 1.06 bits per heavy atom. The van der Waals surface area contributed by atoms with Gasteiger partial charge in [0.2, 0.25) is 0 Å². The molecule has 2 saturated carbocycles. The average molecular weight is 238 g/mol. The molecule has 0 amide bonds. The van der Waals surface area contributed by atoms with E-state index in [9.17, 15) is 0 Å². The highest BCUT2D eigenvalue weighted by atomic mass is 15.1. The highest BCUT2D eigenvalue weighted by molar-refractivity contribution is 4.82. The van der Waals surface area contributed by atoms with Gasteiger partial charge < -0.3 is 10.6 Å². The molecule has 0 aromatic carbocycles. The molecule has 2 nitrogen and oxygen atoms in total. The molecule has 0 aromatic heterocycles. The van der Waals surface area contributed by atoms with Crippen LogP contribution in [0, 0.1) is 17.8 Å². The first-order chi connectivity index (χ1) is 8.28. The van der Waals surface area contributed by atoms with Gasteiger partial charge >= 0.3 is 0 Å². The van der Waals surface area contributed by atoms with E-state index in [0.717, 1.165) is 24.3 Å². The SMILES string of the molecule is CC(CCN)CCCN(CC1CC1)CC1CC1. The molecule has 2 aliphatic carbocycles. The zero-order valence-corrected chi connectivity index (χ0v) is 11.5. The molecule has 2 N–H and O–H groups in total. The number of hydrogen-bond donors (Lipinski definition) is 1. The molecule has 2 rings (SSSR count). The maximum atomic E-state index is 5.60. The van der Waals surface area contributed by atoms with Gasteiger partial charge in [-0.15, -0.1) is 0 Å². The van der Waals surface area contributed by atoms with Crippen LogP contribution in [0.2, 0.25) is 0 Å². The van der Waals surface area contributed by atoms with Crippen LogP contribution < -0.4 is 5.73 Å². The van der Waals surface area contributed by atoms with Crippen molar-refractivity contribution in [3.8, 4) is 0 Å². The summed E-state index contributed by atoms with van der Waals surface area (Å²) in [5, 5.41) is 0. The van der Waals surface area contributed by atoms with Crippen LogP contribution in [0.4, 0.5) is 0 Å². The monoisotopic (exact) mass is 238 g/mol. The molecule has 2 heteroatoms. The Balaban J connectivity index is 1.57. The van der Waals surface area contributed by atoms with Gasteiger partial charge in [0.05, 0.1) is 0 Å². The van der Waals surface area contributed by atoms with Gasteiger partial charge in [0.15, 0.2) is 0 Å². The lowest BCUT2D eigenvalue weighted by atomic mass is 10.0. The number of nitrogens with zero attached hydrogens (tertiary/aromatic N) is 1. The molecule has 0 heterocycles. The maximum Gasteiger partial charge on any atom is 0.000978 e. The fourth-order valence-corrected chi connectivity index (χ4v) is 2.68. The second-order valence-corrected chi connectivity index (χ2v) is 6.47. The lowest BCUT2D eigenvalue weighted by molar-refractivity contribution is 0.241. The minimum atomic E-state index is 0.823. The molecule has 0 spiro atoms. The highest BCUT2D eigenvalue weighted by Gasteiger charge is 2.28. The first-order valence-corrected chi connectivity index (χ1v) is 7.70. The van der Waals surface area contributed by atoms with Crippen molar-refractivity contribution in [2.75, 3.05) is 26.2 Å². The Morgan fingerprint density at radius 2 is 1.65 bits per heavy atom. The van der Waals surface area contributed by atoms with Crippen molar-refractivity contribution >= 4 is 0 Å². The first-order valence-electron chi connectivity index (χ1n) is 7.70. The van der Waals surface area contributed by atoms with Crippen LogP contribution in [0.15, 0.2) is 0 Å². The van der Waals surface area contributed by atoms with Gasteiger partial charge in [0, 0.05) is 13.1 Å². The molecule has 100 valence electrons. The summed E-state index contributed by atoms with van der Waals surface area (Å²) in [4.78, 5) is 2.75. The van der Waals surface area contributed by atoms with Gasteiger partial charge in [-0.2, -0.15) is 0 Å². The van der Waals surface area contributed by atoms with Crippen LogP contribution >= 0.6 is 0 Å². The third-order valence-corrected chi connectivity index (χ3v) is 4.26. The van der Waals surface area contributed by atoms with E-state index in [1.807, 2.05) is 0 Å². The van der Waals surface area contributed by atoms with Crippen molar-refractivity contribution in [1.82, 2.24) is 4.90 Å². The van der Waals surface area contributed by atoms with Crippen LogP contribution in [-0.4, -0.2) is 31.1 Å². The summed E-state index contributed by atoms with van der Waals surface area (Å²) in [7, 11) is 0. The zero-order chi connectivity index (χ0) is 12.1. The third-order valence-electron chi connectivity index (χ3n) is 4.26. The molecule has 0 bridgehead atoms. The Labute approximate surface area is 107 Å². The highest BCUT2D eigenvalue weighted by Crippen LogP contribution is 2.33. The van der Waals surface area contributed by atoms with Gasteiger partial charge in [-0.25, -0.2) is 0 Å². The van der Waals surface area contributed by atoms with Crippen molar-refractivity contribution < 1.29 is 0 Å². The molecule has 0 aromatic rings. The van der Waals surface area contributed by atoms with Crippen molar-refractivity contribution in [2.24, 2.45) is 23.5 Å². The number of nitrogens with two attached hydrogens (primary N) is 1. The van der Waals surface area contributed by atoms with Crippen LogP contribution in [0.1, 0.15) is 51.9 Å². The number of hydrogen-bond acceptors (Lipinski definition) is 2. The Hall–Kier alpha value is -0.0800. The smallest absolute Gasteiger partial charge is 0.000978 e. The van der Waals surface area contributed by atoms with E-state index in [4.69, 9.17) is 5.73 Å². The van der Waals surface area contributed by atoms with Gasteiger partial charge in [-0.05, 0) is 75.8 Å². The molecule has 1 atom stereocenters.